The third-order valence-corrected chi connectivity index (χ3v) is 3.32. The number of alkyl halides is 4. The summed E-state index contributed by atoms with van der Waals surface area (Å²) in [6.45, 7) is 1.91. The molecule has 0 aliphatic carbocycles. The molecule has 0 unspecified atom stereocenters. The zero-order chi connectivity index (χ0) is 16.7. The molecule has 0 fully saturated rings. The Morgan fingerprint density at radius 1 is 1.00 bits per heavy atom. The number of hydrogen-bond donors (Lipinski definition) is 0. The Labute approximate surface area is 129 Å². The van der Waals surface area contributed by atoms with Gasteiger partial charge in [-0.3, -0.25) is 0 Å². The van der Waals surface area contributed by atoms with Crippen LogP contribution in [0.1, 0.15) is 18.1 Å². The quantitative estimate of drug-likeness (QED) is 0.762. The van der Waals surface area contributed by atoms with E-state index in [4.69, 9.17) is 0 Å². The van der Waals surface area contributed by atoms with E-state index >= 15 is 0 Å². The Balaban J connectivity index is 1.81. The molecular formula is C16H12F4O3. The predicted molar refractivity (Wildman–Crippen MR) is 73.0 cm³/mol. The van der Waals surface area contributed by atoms with Crippen LogP contribution < -0.4 is 14.2 Å². The fraction of sp³-hybridized carbons (Fsp3) is 0.250. The van der Waals surface area contributed by atoms with Crippen molar-refractivity contribution in [3.05, 3.63) is 53.6 Å². The van der Waals surface area contributed by atoms with Crippen molar-refractivity contribution in [3.8, 4) is 17.2 Å². The maximum atomic E-state index is 14.1. The van der Waals surface area contributed by atoms with Crippen LogP contribution in [0.2, 0.25) is 0 Å². The molecule has 0 bridgehead atoms. The Kier molecular flexibility index (Phi) is 3.58. The average molecular weight is 328 g/mol. The summed E-state index contributed by atoms with van der Waals surface area (Å²) >= 11 is 0. The highest BCUT2D eigenvalue weighted by molar-refractivity contribution is 5.47. The first kappa shape index (κ1) is 15.5. The summed E-state index contributed by atoms with van der Waals surface area (Å²) in [5, 5.41) is 0. The second-order valence-electron chi connectivity index (χ2n) is 4.95. The highest BCUT2D eigenvalue weighted by atomic mass is 19.3. The van der Waals surface area contributed by atoms with Gasteiger partial charge in [0.25, 0.3) is 0 Å². The molecule has 23 heavy (non-hydrogen) atoms. The minimum Gasteiger partial charge on any atom is -0.429 e. The lowest BCUT2D eigenvalue weighted by Crippen LogP contribution is -2.25. The van der Waals surface area contributed by atoms with Crippen molar-refractivity contribution >= 4 is 0 Å². The van der Waals surface area contributed by atoms with Gasteiger partial charge < -0.3 is 14.2 Å². The number of hydrogen-bond acceptors (Lipinski definition) is 3. The van der Waals surface area contributed by atoms with Gasteiger partial charge in [-0.25, -0.2) is 0 Å². The van der Waals surface area contributed by atoms with Crippen LogP contribution in [0.25, 0.3) is 0 Å². The Morgan fingerprint density at radius 2 is 1.65 bits per heavy atom. The van der Waals surface area contributed by atoms with Crippen LogP contribution >= 0.6 is 0 Å². The molecule has 0 saturated heterocycles. The second kappa shape index (κ2) is 5.33. The van der Waals surface area contributed by atoms with E-state index in [1.54, 1.807) is 12.1 Å². The summed E-state index contributed by atoms with van der Waals surface area (Å²) in [5.41, 5.74) is 0.576. The maximum absolute atomic E-state index is 14.1. The molecule has 0 radical (unpaired) electrons. The molecule has 0 amide bonds. The second-order valence-corrected chi connectivity index (χ2v) is 4.95. The van der Waals surface area contributed by atoms with Crippen molar-refractivity contribution in [1.29, 1.82) is 0 Å². The molecule has 0 saturated carbocycles. The number of fused-ring (bicyclic) bond motifs is 1. The molecular weight excluding hydrogens is 316 g/mol. The lowest BCUT2D eigenvalue weighted by Gasteiger charge is -2.18. The molecule has 3 nitrogen and oxygen atoms in total. The van der Waals surface area contributed by atoms with E-state index in [0.717, 1.165) is 30.2 Å². The summed E-state index contributed by atoms with van der Waals surface area (Å²) in [5.74, 6) is -0.905. The van der Waals surface area contributed by atoms with Crippen LogP contribution in [0.15, 0.2) is 42.5 Å². The molecule has 1 aliphatic heterocycles. The van der Waals surface area contributed by atoms with Gasteiger partial charge in [-0.15, -0.1) is 8.78 Å². The summed E-state index contributed by atoms with van der Waals surface area (Å²) in [7, 11) is 0. The van der Waals surface area contributed by atoms with E-state index in [1.807, 2.05) is 6.92 Å². The van der Waals surface area contributed by atoms with E-state index in [1.165, 1.54) is 12.1 Å². The van der Waals surface area contributed by atoms with Gasteiger partial charge in [-0.2, -0.15) is 8.78 Å². The number of rotatable bonds is 4. The van der Waals surface area contributed by atoms with Gasteiger partial charge in [0.1, 0.15) is 5.75 Å². The monoisotopic (exact) mass is 328 g/mol. The topological polar surface area (TPSA) is 27.7 Å². The van der Waals surface area contributed by atoms with E-state index < -0.39 is 12.4 Å². The van der Waals surface area contributed by atoms with Crippen LogP contribution in [0.4, 0.5) is 17.6 Å². The standard InChI is InChI=1S/C16H12F4O3/c1-2-10-3-5-11(6-4-10)15(17,18)21-12-7-8-13-14(9-12)23-16(19,20)22-13/h3-9H,2H2,1H3. The maximum Gasteiger partial charge on any atom is 0.586 e. The summed E-state index contributed by atoms with van der Waals surface area (Å²) in [6.07, 6.45) is -6.69. The van der Waals surface area contributed by atoms with Crippen molar-refractivity contribution in [1.82, 2.24) is 0 Å². The van der Waals surface area contributed by atoms with Crippen LogP contribution in [0.5, 0.6) is 17.2 Å². The molecule has 0 aromatic heterocycles. The van der Waals surface area contributed by atoms with Gasteiger partial charge in [-0.05, 0) is 36.2 Å². The molecule has 122 valence electrons. The molecule has 2 aromatic rings. The Bertz CT molecular complexity index is 714. The largest absolute Gasteiger partial charge is 0.586 e. The van der Waals surface area contributed by atoms with E-state index in [9.17, 15) is 17.6 Å². The zero-order valence-electron chi connectivity index (χ0n) is 12.0. The van der Waals surface area contributed by atoms with Crippen molar-refractivity contribution in [2.75, 3.05) is 0 Å². The summed E-state index contributed by atoms with van der Waals surface area (Å²) < 4.78 is 67.1. The SMILES string of the molecule is CCc1ccc(C(F)(F)Oc2ccc3c(c2)OC(F)(F)O3)cc1. The lowest BCUT2D eigenvalue weighted by atomic mass is 10.1. The van der Waals surface area contributed by atoms with Crippen molar-refractivity contribution in [2.24, 2.45) is 0 Å². The minimum atomic E-state index is -3.81. The highest BCUT2D eigenvalue weighted by Gasteiger charge is 2.44. The number of aryl methyl sites for hydroxylation is 1. The van der Waals surface area contributed by atoms with Gasteiger partial charge >= 0.3 is 12.4 Å². The zero-order valence-corrected chi connectivity index (χ0v) is 12.0. The average Bonchev–Trinajstić information content (AvgIpc) is 2.80. The molecule has 3 rings (SSSR count). The molecule has 0 spiro atoms. The normalized spacial score (nSPS) is 15.5. The highest BCUT2D eigenvalue weighted by Crippen LogP contribution is 2.44. The first-order valence-corrected chi connectivity index (χ1v) is 6.85. The predicted octanol–water partition coefficient (Wildman–Crippen LogP) is 4.70. The van der Waals surface area contributed by atoms with Crippen LogP contribution in [0, 0.1) is 0 Å². The number of ether oxygens (including phenoxy) is 3. The molecule has 0 atom stereocenters. The molecule has 1 aliphatic rings. The van der Waals surface area contributed by atoms with Gasteiger partial charge in [0.05, 0.1) is 5.56 Å². The first-order chi connectivity index (χ1) is 10.8. The molecule has 7 heteroatoms. The van der Waals surface area contributed by atoms with E-state index in [-0.39, 0.29) is 22.8 Å². The minimum absolute atomic E-state index is 0.238. The molecule has 1 heterocycles. The van der Waals surface area contributed by atoms with E-state index in [0.29, 0.717) is 0 Å². The third kappa shape index (κ3) is 3.18. The Morgan fingerprint density at radius 3 is 2.30 bits per heavy atom. The van der Waals surface area contributed by atoms with Crippen LogP contribution in [0.3, 0.4) is 0 Å². The van der Waals surface area contributed by atoms with Crippen LogP contribution in [-0.2, 0) is 12.5 Å². The smallest absolute Gasteiger partial charge is 0.429 e. The van der Waals surface area contributed by atoms with Crippen molar-refractivity contribution in [3.63, 3.8) is 0 Å². The van der Waals surface area contributed by atoms with Gasteiger partial charge in [0.2, 0.25) is 0 Å². The lowest BCUT2D eigenvalue weighted by molar-refractivity contribution is -0.286. The van der Waals surface area contributed by atoms with Crippen molar-refractivity contribution in [2.45, 2.75) is 25.7 Å². The third-order valence-electron chi connectivity index (χ3n) is 3.32. The van der Waals surface area contributed by atoms with Crippen LogP contribution in [-0.4, -0.2) is 6.29 Å². The fourth-order valence-corrected chi connectivity index (χ4v) is 2.13. The van der Waals surface area contributed by atoms with E-state index in [2.05, 4.69) is 14.2 Å². The summed E-state index contributed by atoms with van der Waals surface area (Å²) in [4.78, 5) is 0. The van der Waals surface area contributed by atoms with Gasteiger partial charge in [0.15, 0.2) is 11.5 Å². The van der Waals surface area contributed by atoms with Crippen molar-refractivity contribution < 1.29 is 31.8 Å². The Hall–Kier alpha value is -2.44. The first-order valence-electron chi connectivity index (χ1n) is 6.85. The van der Waals surface area contributed by atoms with Gasteiger partial charge in [-0.1, -0.05) is 19.1 Å². The molecule has 0 N–H and O–H groups in total. The number of benzene rings is 2. The summed E-state index contributed by atoms with van der Waals surface area (Å²) in [6, 6.07) is 8.81. The van der Waals surface area contributed by atoms with Gasteiger partial charge in [0, 0.05) is 6.07 Å². The molecule has 2 aromatic carbocycles. The number of halogens is 4. The fourth-order valence-electron chi connectivity index (χ4n) is 2.13.